The van der Waals surface area contributed by atoms with Gasteiger partial charge in [-0.1, -0.05) is 19.9 Å². The van der Waals surface area contributed by atoms with Crippen LogP contribution in [0, 0.1) is 23.2 Å². The molecule has 1 aromatic heterocycles. The molecule has 1 unspecified atom stereocenters. The highest BCUT2D eigenvalue weighted by Crippen LogP contribution is 2.26. The number of rotatable bonds is 10. The van der Waals surface area contributed by atoms with Gasteiger partial charge >= 0.3 is 0 Å². The molecule has 35 heavy (non-hydrogen) atoms. The number of nitriles is 1. The minimum Gasteiger partial charge on any atom is -0.496 e. The Bertz CT molecular complexity index is 1110. The molecular weight excluding hydrogens is 450 g/mol. The third-order valence-electron chi connectivity index (χ3n) is 6.20. The van der Waals surface area contributed by atoms with Gasteiger partial charge in [0.25, 0.3) is 5.91 Å². The van der Waals surface area contributed by atoms with Crippen LogP contribution < -0.4 is 20.7 Å². The van der Waals surface area contributed by atoms with E-state index in [1.54, 1.807) is 25.3 Å². The number of ether oxygens (including phenoxy) is 1. The third-order valence-corrected chi connectivity index (χ3v) is 6.20. The number of methoxy groups -OCH3 is 1. The van der Waals surface area contributed by atoms with Crippen molar-refractivity contribution < 1.29 is 24.2 Å². The van der Waals surface area contributed by atoms with E-state index < -0.39 is 35.9 Å². The summed E-state index contributed by atoms with van der Waals surface area (Å²) in [6.45, 7) is 4.44. The van der Waals surface area contributed by atoms with Crippen molar-refractivity contribution in [3.05, 3.63) is 30.0 Å². The number of hydrogen-bond acceptors (Lipinski definition) is 6. The molecule has 10 heteroatoms. The number of nitrogens with zero attached hydrogens (tertiary/aromatic N) is 1. The molecule has 5 N–H and O–H groups in total. The van der Waals surface area contributed by atoms with Crippen LogP contribution in [0.1, 0.15) is 50.0 Å². The van der Waals surface area contributed by atoms with Crippen molar-refractivity contribution in [2.45, 2.75) is 57.7 Å². The fourth-order valence-electron chi connectivity index (χ4n) is 4.37. The highest BCUT2D eigenvalue weighted by molar-refractivity contribution is 6.01. The Morgan fingerprint density at radius 2 is 2.09 bits per heavy atom. The van der Waals surface area contributed by atoms with Crippen LogP contribution in [0.2, 0.25) is 0 Å². The van der Waals surface area contributed by atoms with Gasteiger partial charge in [-0.05, 0) is 49.8 Å². The predicted octanol–water partition coefficient (Wildman–Crippen LogP) is 1.61. The normalized spacial score (nSPS) is 18.3. The van der Waals surface area contributed by atoms with Gasteiger partial charge in [-0.2, -0.15) is 5.26 Å². The smallest absolute Gasteiger partial charge is 0.268 e. The number of fused-ring (bicyclic) bond motifs is 1. The molecule has 1 aromatic carbocycles. The lowest BCUT2D eigenvalue weighted by molar-refractivity contribution is -0.129. The molecule has 0 aliphatic carbocycles. The van der Waals surface area contributed by atoms with Gasteiger partial charge in [0.05, 0.1) is 19.2 Å². The Kier molecular flexibility index (Phi) is 8.71. The number of aliphatic hydroxyl groups excluding tert-OH is 1. The summed E-state index contributed by atoms with van der Waals surface area (Å²) >= 11 is 0. The standard InChI is InChI=1S/C25H33N5O5/c1-14(2)10-19(30-25(34)20-12-16-17(28-20)7-4-8-22(16)35-3)24(33)29-18(21(31)13-26)11-15-6-5-9-27-23(15)32/h4,7-8,12,14-15,18-19,21,28,31H,5-6,9-11H2,1-3H3,(H,27,32)(H,29,33)(H,30,34)/t15-,18-,19-,21?/m0/s1. The summed E-state index contributed by atoms with van der Waals surface area (Å²) in [7, 11) is 1.55. The maximum Gasteiger partial charge on any atom is 0.268 e. The van der Waals surface area contributed by atoms with E-state index in [-0.39, 0.29) is 23.9 Å². The number of amides is 3. The molecular formula is C25H33N5O5. The SMILES string of the molecule is COc1cccc2[nH]c(C(=O)N[C@@H](CC(C)C)C(=O)N[C@@H](C[C@@H]3CCCNC3=O)C(O)C#N)cc12. The predicted molar refractivity (Wildman–Crippen MR) is 129 cm³/mol. The number of aromatic amines is 1. The zero-order chi connectivity index (χ0) is 25.5. The number of benzene rings is 1. The Labute approximate surface area is 204 Å². The van der Waals surface area contributed by atoms with Crippen LogP contribution in [0.15, 0.2) is 24.3 Å². The Hall–Kier alpha value is -3.58. The van der Waals surface area contributed by atoms with Crippen molar-refractivity contribution in [3.8, 4) is 11.8 Å². The van der Waals surface area contributed by atoms with E-state index in [1.807, 2.05) is 26.0 Å². The summed E-state index contributed by atoms with van der Waals surface area (Å²) in [5.41, 5.74) is 1.00. The highest BCUT2D eigenvalue weighted by atomic mass is 16.5. The molecule has 188 valence electrons. The Morgan fingerprint density at radius 1 is 1.31 bits per heavy atom. The first-order chi connectivity index (χ1) is 16.7. The molecule has 1 fully saturated rings. The summed E-state index contributed by atoms with van der Waals surface area (Å²) in [6.07, 6.45) is 0.412. The minimum absolute atomic E-state index is 0.0809. The lowest BCUT2D eigenvalue weighted by Crippen LogP contribution is -2.54. The van der Waals surface area contributed by atoms with Gasteiger partial charge in [-0.3, -0.25) is 14.4 Å². The first-order valence-corrected chi connectivity index (χ1v) is 11.9. The van der Waals surface area contributed by atoms with Crippen LogP contribution in [-0.4, -0.2) is 59.7 Å². The molecule has 1 aliphatic rings. The van der Waals surface area contributed by atoms with E-state index in [1.165, 1.54) is 0 Å². The van der Waals surface area contributed by atoms with Gasteiger partial charge in [0.2, 0.25) is 11.8 Å². The summed E-state index contributed by atoms with van der Waals surface area (Å²) in [6, 6.07) is 7.00. The Morgan fingerprint density at radius 3 is 2.74 bits per heavy atom. The average molecular weight is 484 g/mol. The fraction of sp³-hybridized carbons (Fsp3) is 0.520. The van der Waals surface area contributed by atoms with Gasteiger partial charge < -0.3 is 30.8 Å². The second-order valence-corrected chi connectivity index (χ2v) is 9.32. The lowest BCUT2D eigenvalue weighted by atomic mass is 9.89. The van der Waals surface area contributed by atoms with Crippen molar-refractivity contribution in [1.29, 1.82) is 5.26 Å². The maximum atomic E-state index is 13.2. The van der Waals surface area contributed by atoms with Crippen LogP contribution in [0.4, 0.5) is 0 Å². The van der Waals surface area contributed by atoms with Crippen LogP contribution in [0.5, 0.6) is 5.75 Å². The van der Waals surface area contributed by atoms with E-state index in [0.717, 1.165) is 17.3 Å². The van der Waals surface area contributed by atoms with Crippen LogP contribution in [-0.2, 0) is 9.59 Å². The molecule has 2 aromatic rings. The molecule has 1 aliphatic heterocycles. The molecule has 0 bridgehead atoms. The summed E-state index contributed by atoms with van der Waals surface area (Å²) in [5, 5.41) is 28.5. The highest BCUT2D eigenvalue weighted by Gasteiger charge is 2.32. The van der Waals surface area contributed by atoms with Crippen LogP contribution in [0.3, 0.4) is 0 Å². The van der Waals surface area contributed by atoms with E-state index in [0.29, 0.717) is 25.1 Å². The fourth-order valence-corrected chi connectivity index (χ4v) is 4.37. The number of carbonyl (C=O) groups excluding carboxylic acids is 3. The summed E-state index contributed by atoms with van der Waals surface area (Å²) in [5.74, 6) is -0.838. The van der Waals surface area contributed by atoms with Gasteiger partial charge in [-0.25, -0.2) is 0 Å². The molecule has 0 saturated carbocycles. The molecule has 10 nitrogen and oxygen atoms in total. The average Bonchev–Trinajstić information content (AvgIpc) is 3.28. The van der Waals surface area contributed by atoms with Gasteiger partial charge in [0.15, 0.2) is 6.10 Å². The molecule has 3 amide bonds. The number of H-pyrrole nitrogens is 1. The molecule has 0 spiro atoms. The van der Waals surface area contributed by atoms with E-state index in [4.69, 9.17) is 4.74 Å². The Balaban J connectivity index is 1.75. The number of piperidine rings is 1. The molecule has 4 atom stereocenters. The largest absolute Gasteiger partial charge is 0.496 e. The lowest BCUT2D eigenvalue weighted by Gasteiger charge is -2.29. The number of aliphatic hydroxyl groups is 1. The summed E-state index contributed by atoms with van der Waals surface area (Å²) < 4.78 is 5.34. The van der Waals surface area contributed by atoms with E-state index >= 15 is 0 Å². The van der Waals surface area contributed by atoms with Crippen molar-refractivity contribution in [1.82, 2.24) is 20.9 Å². The molecule has 3 rings (SSSR count). The zero-order valence-corrected chi connectivity index (χ0v) is 20.3. The minimum atomic E-state index is -1.48. The molecule has 0 radical (unpaired) electrons. The van der Waals surface area contributed by atoms with Gasteiger partial charge in [0.1, 0.15) is 17.5 Å². The van der Waals surface area contributed by atoms with Crippen molar-refractivity contribution in [2.24, 2.45) is 11.8 Å². The van der Waals surface area contributed by atoms with Crippen LogP contribution in [0.25, 0.3) is 10.9 Å². The van der Waals surface area contributed by atoms with Crippen LogP contribution >= 0.6 is 0 Å². The van der Waals surface area contributed by atoms with Gasteiger partial charge in [-0.15, -0.1) is 0 Å². The quantitative estimate of drug-likeness (QED) is 0.323. The number of hydrogen-bond donors (Lipinski definition) is 5. The van der Waals surface area contributed by atoms with Crippen molar-refractivity contribution in [3.63, 3.8) is 0 Å². The zero-order valence-electron chi connectivity index (χ0n) is 20.3. The summed E-state index contributed by atoms with van der Waals surface area (Å²) in [4.78, 5) is 41.4. The number of nitrogens with one attached hydrogen (secondary N) is 4. The number of carbonyl (C=O) groups is 3. The van der Waals surface area contributed by atoms with Crippen molar-refractivity contribution in [2.75, 3.05) is 13.7 Å². The second kappa shape index (κ2) is 11.7. The first kappa shape index (κ1) is 26.0. The second-order valence-electron chi connectivity index (χ2n) is 9.32. The molecule has 2 heterocycles. The topological polar surface area (TPSA) is 156 Å². The molecule has 1 saturated heterocycles. The van der Waals surface area contributed by atoms with E-state index in [9.17, 15) is 24.8 Å². The van der Waals surface area contributed by atoms with Gasteiger partial charge in [0, 0.05) is 23.4 Å². The first-order valence-electron chi connectivity index (χ1n) is 11.9. The third kappa shape index (κ3) is 6.51. The van der Waals surface area contributed by atoms with Crippen molar-refractivity contribution >= 4 is 28.6 Å². The number of aromatic nitrogens is 1. The van der Waals surface area contributed by atoms with E-state index in [2.05, 4.69) is 20.9 Å². The maximum absolute atomic E-state index is 13.2. The monoisotopic (exact) mass is 483 g/mol.